The van der Waals surface area contributed by atoms with Crippen LogP contribution in [0.25, 0.3) is 102 Å². The first-order valence-corrected chi connectivity index (χ1v) is 18.6. The maximum atomic E-state index is 5.00. The maximum Gasteiger partial charge on any atom is 0.164 e. The Morgan fingerprint density at radius 1 is 0.373 bits per heavy atom. The van der Waals surface area contributed by atoms with Gasteiger partial charge in [0, 0.05) is 63.1 Å². The van der Waals surface area contributed by atoms with Crippen molar-refractivity contribution in [1.82, 2.24) is 19.5 Å². The Kier molecular flexibility index (Phi) is 6.26. The summed E-state index contributed by atoms with van der Waals surface area (Å²) in [5, 5.41) is 7.72. The number of para-hydroxylation sites is 2. The highest BCUT2D eigenvalue weighted by atomic mass is 32.1. The summed E-state index contributed by atoms with van der Waals surface area (Å²) >= 11 is 3.74. The molecule has 0 unspecified atom stereocenters. The van der Waals surface area contributed by atoms with Gasteiger partial charge in [0.1, 0.15) is 0 Å². The van der Waals surface area contributed by atoms with E-state index < -0.39 is 0 Å². The fraction of sp³-hybridized carbons (Fsp3) is 0. The van der Waals surface area contributed by atoms with Crippen molar-refractivity contribution in [3.05, 3.63) is 158 Å². The highest BCUT2D eigenvalue weighted by Gasteiger charge is 2.19. The lowest BCUT2D eigenvalue weighted by Crippen LogP contribution is -1.99. The van der Waals surface area contributed by atoms with Crippen molar-refractivity contribution in [1.29, 1.82) is 0 Å². The Morgan fingerprint density at radius 3 is 1.59 bits per heavy atom. The molecule has 0 radical (unpaired) electrons. The van der Waals surface area contributed by atoms with Gasteiger partial charge in [-0.05, 0) is 30.3 Å². The molecule has 0 bridgehead atoms. The highest BCUT2D eigenvalue weighted by Crippen LogP contribution is 2.47. The van der Waals surface area contributed by atoms with Crippen molar-refractivity contribution < 1.29 is 0 Å². The second-order valence-corrected chi connectivity index (χ2v) is 14.9. The summed E-state index contributed by atoms with van der Waals surface area (Å²) in [5.41, 5.74) is 6.59. The highest BCUT2D eigenvalue weighted by molar-refractivity contribution is 7.30. The van der Waals surface area contributed by atoms with Crippen LogP contribution in [0.1, 0.15) is 0 Å². The zero-order chi connectivity index (χ0) is 33.5. The van der Waals surface area contributed by atoms with E-state index in [0.717, 1.165) is 16.7 Å². The summed E-state index contributed by atoms with van der Waals surface area (Å²) in [6.45, 7) is 0. The minimum atomic E-state index is 0.668. The molecule has 238 valence electrons. The van der Waals surface area contributed by atoms with Crippen molar-refractivity contribution >= 4 is 84.8 Å². The summed E-state index contributed by atoms with van der Waals surface area (Å²) < 4.78 is 7.57. The number of nitrogens with zero attached hydrogens (tertiary/aromatic N) is 4. The lowest BCUT2D eigenvalue weighted by molar-refractivity contribution is 1.07. The number of rotatable bonds is 4. The molecule has 51 heavy (non-hydrogen) atoms. The third kappa shape index (κ3) is 4.40. The van der Waals surface area contributed by atoms with E-state index in [1.54, 1.807) is 0 Å². The van der Waals surface area contributed by atoms with Gasteiger partial charge in [-0.3, -0.25) is 0 Å². The molecule has 0 aliphatic carbocycles. The molecule has 0 N–H and O–H groups in total. The minimum absolute atomic E-state index is 0.668. The first-order valence-electron chi connectivity index (χ1n) is 16.9. The van der Waals surface area contributed by atoms with Gasteiger partial charge in [-0.2, -0.15) is 0 Å². The van der Waals surface area contributed by atoms with Gasteiger partial charge < -0.3 is 4.57 Å². The van der Waals surface area contributed by atoms with Gasteiger partial charge in [-0.1, -0.05) is 127 Å². The van der Waals surface area contributed by atoms with Crippen LogP contribution in [0.5, 0.6) is 0 Å². The second-order valence-electron chi connectivity index (χ2n) is 12.8. The van der Waals surface area contributed by atoms with Gasteiger partial charge in [-0.25, -0.2) is 15.0 Å². The van der Waals surface area contributed by atoms with Crippen molar-refractivity contribution in [2.75, 3.05) is 0 Å². The number of hydrogen-bond donors (Lipinski definition) is 0. The molecule has 0 saturated carbocycles. The van der Waals surface area contributed by atoms with Crippen LogP contribution in [0.2, 0.25) is 0 Å². The molecule has 0 fully saturated rings. The lowest BCUT2D eigenvalue weighted by atomic mass is 10.1. The van der Waals surface area contributed by atoms with Crippen LogP contribution in [-0.4, -0.2) is 19.5 Å². The van der Waals surface area contributed by atoms with Crippen molar-refractivity contribution in [2.24, 2.45) is 0 Å². The van der Waals surface area contributed by atoms with Crippen LogP contribution >= 0.6 is 22.7 Å². The van der Waals surface area contributed by atoms with Crippen LogP contribution in [0.3, 0.4) is 0 Å². The third-order valence-electron chi connectivity index (χ3n) is 9.86. The Labute approximate surface area is 300 Å². The molecule has 4 heterocycles. The van der Waals surface area contributed by atoms with E-state index in [4.69, 9.17) is 15.0 Å². The summed E-state index contributed by atoms with van der Waals surface area (Å²) in [5.74, 6) is 2.01. The summed E-state index contributed by atoms with van der Waals surface area (Å²) in [6, 6.07) is 55.8. The maximum absolute atomic E-state index is 5.00. The quantitative estimate of drug-likeness (QED) is 0.185. The van der Waals surface area contributed by atoms with E-state index in [0.29, 0.717) is 17.5 Å². The molecule has 0 amide bonds. The number of hydrogen-bond acceptors (Lipinski definition) is 5. The lowest BCUT2D eigenvalue weighted by Gasteiger charge is -2.09. The number of aromatic nitrogens is 4. The Bertz CT molecular complexity index is 3030. The molecule has 6 heteroatoms. The summed E-state index contributed by atoms with van der Waals surface area (Å²) in [4.78, 5) is 14.9. The summed E-state index contributed by atoms with van der Waals surface area (Å²) in [6.07, 6.45) is 0. The molecule has 0 spiro atoms. The molecule has 0 saturated heterocycles. The molecular weight excluding hydrogens is 661 g/mol. The molecule has 0 aliphatic rings. The normalized spacial score (nSPS) is 11.9. The molecule has 4 nitrogen and oxygen atoms in total. The zero-order valence-electron chi connectivity index (χ0n) is 27.1. The van der Waals surface area contributed by atoms with E-state index in [1.807, 2.05) is 83.3 Å². The van der Waals surface area contributed by atoms with Gasteiger partial charge in [0.05, 0.1) is 21.4 Å². The smallest absolute Gasteiger partial charge is 0.164 e. The van der Waals surface area contributed by atoms with E-state index in [9.17, 15) is 0 Å². The largest absolute Gasteiger partial charge is 0.308 e. The van der Waals surface area contributed by atoms with E-state index >= 15 is 0 Å². The molecule has 11 rings (SSSR count). The predicted molar refractivity (Wildman–Crippen MR) is 216 cm³/mol. The summed E-state index contributed by atoms with van der Waals surface area (Å²) in [7, 11) is 0. The molecule has 0 atom stereocenters. The van der Waals surface area contributed by atoms with Gasteiger partial charge in [-0.15, -0.1) is 22.7 Å². The Balaban J connectivity index is 1.11. The monoisotopic (exact) mass is 686 g/mol. The van der Waals surface area contributed by atoms with Crippen LogP contribution in [0.15, 0.2) is 158 Å². The molecule has 7 aromatic carbocycles. The van der Waals surface area contributed by atoms with Crippen molar-refractivity contribution in [3.63, 3.8) is 0 Å². The van der Waals surface area contributed by atoms with Crippen molar-refractivity contribution in [2.45, 2.75) is 0 Å². The van der Waals surface area contributed by atoms with Gasteiger partial charge in [0.15, 0.2) is 17.5 Å². The Morgan fingerprint density at radius 2 is 0.922 bits per heavy atom. The second kappa shape index (κ2) is 11.2. The first kappa shape index (κ1) is 28.6. The van der Waals surface area contributed by atoms with E-state index in [2.05, 4.69) is 102 Å². The number of benzene rings is 7. The first-order chi connectivity index (χ1) is 25.3. The van der Waals surface area contributed by atoms with Crippen LogP contribution in [0.4, 0.5) is 0 Å². The standard InChI is InChI=1S/C45H26N4S2/c1-3-12-27(13-4-1)43-46-44(28-14-5-2-6-15-28)48-45(47-43)29-22-23-34-39(26-29)50-38-25-24-33-32-18-11-21-37(41(32)51-42(33)40(34)38)49-35-19-9-7-16-30(35)31-17-8-10-20-36(31)49/h1-26H. The zero-order valence-corrected chi connectivity index (χ0v) is 28.7. The van der Waals surface area contributed by atoms with Gasteiger partial charge in [0.25, 0.3) is 0 Å². The van der Waals surface area contributed by atoms with Gasteiger partial charge >= 0.3 is 0 Å². The van der Waals surface area contributed by atoms with E-state index in [-0.39, 0.29) is 0 Å². The van der Waals surface area contributed by atoms with Crippen LogP contribution in [0, 0.1) is 0 Å². The SMILES string of the molecule is c1ccc(-c2nc(-c3ccccc3)nc(-c3ccc4c(c3)sc3ccc5c6cccc(-n7c8ccccc8c8ccccc87)c6sc5c34)n2)cc1. The molecular formula is C45H26N4S2. The third-order valence-corrected chi connectivity index (χ3v) is 12.2. The minimum Gasteiger partial charge on any atom is -0.308 e. The number of thiophene rings is 2. The molecule has 4 aromatic heterocycles. The van der Waals surface area contributed by atoms with Gasteiger partial charge in [0.2, 0.25) is 0 Å². The average Bonchev–Trinajstić information content (AvgIpc) is 3.87. The van der Waals surface area contributed by atoms with Crippen LogP contribution in [-0.2, 0) is 0 Å². The average molecular weight is 687 g/mol. The molecule has 0 aliphatic heterocycles. The topological polar surface area (TPSA) is 43.6 Å². The van der Waals surface area contributed by atoms with Crippen LogP contribution < -0.4 is 0 Å². The predicted octanol–water partition coefficient (Wildman–Crippen LogP) is 12.7. The fourth-order valence-corrected chi connectivity index (χ4v) is 10.1. The molecule has 11 aromatic rings. The van der Waals surface area contributed by atoms with E-state index in [1.165, 1.54) is 67.8 Å². The fourth-order valence-electron chi connectivity index (χ4n) is 7.54. The Hall–Kier alpha value is -6.21. The number of fused-ring (bicyclic) bond motifs is 10. The van der Waals surface area contributed by atoms with Crippen molar-refractivity contribution in [3.8, 4) is 39.9 Å².